The van der Waals surface area contributed by atoms with Gasteiger partial charge in [-0.15, -0.1) is 0 Å². The number of nitrogens with one attached hydrogen (secondary N) is 1. The van der Waals surface area contributed by atoms with Gasteiger partial charge in [0, 0.05) is 26.2 Å². The first-order valence-corrected chi connectivity index (χ1v) is 10.0. The number of nitrogens with zero attached hydrogens (tertiary/aromatic N) is 1. The van der Waals surface area contributed by atoms with E-state index in [-0.39, 0.29) is 24.0 Å². The SMILES string of the molecule is Cc1cc(S(=O)(=O)N2CCCCC2)ccc1OCC(=O)NCCCO. The van der Waals surface area contributed by atoms with Crippen LogP contribution in [0.25, 0.3) is 0 Å². The van der Waals surface area contributed by atoms with E-state index in [1.54, 1.807) is 19.1 Å². The topological polar surface area (TPSA) is 95.9 Å². The summed E-state index contributed by atoms with van der Waals surface area (Å²) in [7, 11) is -3.47. The van der Waals surface area contributed by atoms with Crippen LogP contribution in [0.15, 0.2) is 23.1 Å². The number of ether oxygens (including phenoxy) is 1. The smallest absolute Gasteiger partial charge is 0.257 e. The van der Waals surface area contributed by atoms with Crippen LogP contribution in [-0.4, -0.2) is 56.6 Å². The lowest BCUT2D eigenvalue weighted by Crippen LogP contribution is -2.35. The highest BCUT2D eigenvalue weighted by Crippen LogP contribution is 2.25. The molecule has 25 heavy (non-hydrogen) atoms. The zero-order chi connectivity index (χ0) is 18.3. The number of carbonyl (C=O) groups is 1. The predicted octanol–water partition coefficient (Wildman–Crippen LogP) is 1.05. The Labute approximate surface area is 149 Å². The van der Waals surface area contributed by atoms with Crippen molar-refractivity contribution in [2.24, 2.45) is 0 Å². The number of hydrogen-bond acceptors (Lipinski definition) is 5. The van der Waals surface area contributed by atoms with E-state index in [2.05, 4.69) is 5.32 Å². The van der Waals surface area contributed by atoms with Gasteiger partial charge < -0.3 is 15.2 Å². The number of aliphatic hydroxyl groups is 1. The molecule has 0 spiro atoms. The second-order valence-corrected chi connectivity index (χ2v) is 8.05. The third-order valence-electron chi connectivity index (χ3n) is 4.12. The molecule has 140 valence electrons. The zero-order valence-electron chi connectivity index (χ0n) is 14.5. The molecule has 1 amide bonds. The van der Waals surface area contributed by atoms with Gasteiger partial charge in [0.05, 0.1) is 4.90 Å². The molecule has 0 bridgehead atoms. The molecule has 0 unspecified atom stereocenters. The standard InChI is InChI=1S/C17H26N2O5S/c1-14-12-15(25(22,23)19-9-3-2-4-10-19)6-7-16(14)24-13-17(21)18-8-5-11-20/h6-7,12,20H,2-5,8-11,13H2,1H3,(H,18,21). The molecular weight excluding hydrogens is 344 g/mol. The molecule has 0 aliphatic carbocycles. The summed E-state index contributed by atoms with van der Waals surface area (Å²) >= 11 is 0. The molecule has 1 aromatic rings. The van der Waals surface area contributed by atoms with Crippen LogP contribution >= 0.6 is 0 Å². The summed E-state index contributed by atoms with van der Waals surface area (Å²) in [5, 5.41) is 11.3. The summed E-state index contributed by atoms with van der Waals surface area (Å²) in [4.78, 5) is 11.9. The fraction of sp³-hybridized carbons (Fsp3) is 0.588. The summed E-state index contributed by atoms with van der Waals surface area (Å²) in [6.45, 7) is 3.15. The lowest BCUT2D eigenvalue weighted by Gasteiger charge is -2.26. The number of carbonyl (C=O) groups excluding carboxylic acids is 1. The molecule has 7 nitrogen and oxygen atoms in total. The van der Waals surface area contributed by atoms with Crippen LogP contribution in [0.5, 0.6) is 5.75 Å². The highest BCUT2D eigenvalue weighted by molar-refractivity contribution is 7.89. The number of aryl methyl sites for hydroxylation is 1. The van der Waals surface area contributed by atoms with Crippen molar-refractivity contribution in [1.82, 2.24) is 9.62 Å². The van der Waals surface area contributed by atoms with E-state index in [0.29, 0.717) is 37.4 Å². The van der Waals surface area contributed by atoms with Crippen molar-refractivity contribution >= 4 is 15.9 Å². The summed E-state index contributed by atoms with van der Waals surface area (Å²) in [6, 6.07) is 4.70. The number of aliphatic hydroxyl groups excluding tert-OH is 1. The first-order valence-electron chi connectivity index (χ1n) is 8.56. The van der Waals surface area contributed by atoms with E-state index in [9.17, 15) is 13.2 Å². The minimum Gasteiger partial charge on any atom is -0.484 e. The molecule has 8 heteroatoms. The normalized spacial score (nSPS) is 15.8. The molecule has 1 aromatic carbocycles. The maximum Gasteiger partial charge on any atom is 0.257 e. The summed E-state index contributed by atoms with van der Waals surface area (Å²) in [5.41, 5.74) is 0.668. The molecule has 0 saturated carbocycles. The van der Waals surface area contributed by atoms with E-state index in [1.807, 2.05) is 0 Å². The molecule has 1 fully saturated rings. The number of amides is 1. The molecule has 0 aromatic heterocycles. The lowest BCUT2D eigenvalue weighted by molar-refractivity contribution is -0.123. The predicted molar refractivity (Wildman–Crippen MR) is 94.0 cm³/mol. The maximum atomic E-state index is 12.7. The van der Waals surface area contributed by atoms with Gasteiger partial charge in [-0.2, -0.15) is 4.31 Å². The number of hydrogen-bond donors (Lipinski definition) is 2. The van der Waals surface area contributed by atoms with Crippen LogP contribution in [0.2, 0.25) is 0 Å². The van der Waals surface area contributed by atoms with Crippen molar-refractivity contribution in [3.8, 4) is 5.75 Å². The average molecular weight is 370 g/mol. The van der Waals surface area contributed by atoms with E-state index in [0.717, 1.165) is 19.3 Å². The van der Waals surface area contributed by atoms with Gasteiger partial charge in [0.2, 0.25) is 10.0 Å². The largest absolute Gasteiger partial charge is 0.484 e. The van der Waals surface area contributed by atoms with Crippen LogP contribution in [0.4, 0.5) is 0 Å². The summed E-state index contributed by atoms with van der Waals surface area (Å²) in [5.74, 6) is 0.202. The van der Waals surface area contributed by atoms with Crippen LogP contribution < -0.4 is 10.1 Å². The first-order chi connectivity index (χ1) is 11.9. The second kappa shape index (κ2) is 9.17. The third-order valence-corrected chi connectivity index (χ3v) is 6.01. The molecule has 2 N–H and O–H groups in total. The molecule has 0 atom stereocenters. The van der Waals surface area contributed by atoms with Gasteiger partial charge in [0.25, 0.3) is 5.91 Å². The van der Waals surface area contributed by atoms with Crippen molar-refractivity contribution in [3.63, 3.8) is 0 Å². The Hall–Kier alpha value is -1.64. The Bertz CT molecular complexity index is 684. The van der Waals surface area contributed by atoms with Gasteiger partial charge in [-0.25, -0.2) is 8.42 Å². The quantitative estimate of drug-likeness (QED) is 0.667. The molecule has 1 heterocycles. The molecule has 0 radical (unpaired) electrons. The fourth-order valence-electron chi connectivity index (χ4n) is 2.70. The Balaban J connectivity index is 1.99. The van der Waals surface area contributed by atoms with Crippen molar-refractivity contribution in [2.45, 2.75) is 37.5 Å². The van der Waals surface area contributed by atoms with Crippen LogP contribution in [0.1, 0.15) is 31.2 Å². The van der Waals surface area contributed by atoms with E-state index in [1.165, 1.54) is 10.4 Å². The zero-order valence-corrected chi connectivity index (χ0v) is 15.3. The number of rotatable bonds is 8. The first kappa shape index (κ1) is 19.7. The van der Waals surface area contributed by atoms with Gasteiger partial charge >= 0.3 is 0 Å². The van der Waals surface area contributed by atoms with E-state index < -0.39 is 10.0 Å². The molecule has 2 rings (SSSR count). The van der Waals surface area contributed by atoms with E-state index in [4.69, 9.17) is 9.84 Å². The van der Waals surface area contributed by atoms with Crippen molar-refractivity contribution in [1.29, 1.82) is 0 Å². The Morgan fingerprint density at radius 1 is 1.28 bits per heavy atom. The highest BCUT2D eigenvalue weighted by Gasteiger charge is 2.26. The number of benzene rings is 1. The van der Waals surface area contributed by atoms with Crippen molar-refractivity contribution < 1.29 is 23.1 Å². The number of sulfonamides is 1. The lowest BCUT2D eigenvalue weighted by atomic mass is 10.2. The van der Waals surface area contributed by atoms with Crippen LogP contribution in [0, 0.1) is 6.92 Å². The Kier molecular flexibility index (Phi) is 7.22. The van der Waals surface area contributed by atoms with Gasteiger partial charge in [-0.3, -0.25) is 4.79 Å². The van der Waals surface area contributed by atoms with Crippen LogP contribution in [-0.2, 0) is 14.8 Å². The van der Waals surface area contributed by atoms with E-state index >= 15 is 0 Å². The van der Waals surface area contributed by atoms with Crippen molar-refractivity contribution in [3.05, 3.63) is 23.8 Å². The average Bonchev–Trinajstić information content (AvgIpc) is 2.61. The Morgan fingerprint density at radius 3 is 2.64 bits per heavy atom. The third kappa shape index (κ3) is 5.42. The monoisotopic (exact) mass is 370 g/mol. The maximum absolute atomic E-state index is 12.7. The van der Waals surface area contributed by atoms with Gasteiger partial charge in [-0.05, 0) is 49.9 Å². The Morgan fingerprint density at radius 2 is 2.00 bits per heavy atom. The van der Waals surface area contributed by atoms with Gasteiger partial charge in [-0.1, -0.05) is 6.42 Å². The summed E-state index contributed by atoms with van der Waals surface area (Å²) < 4.78 is 32.3. The molecule has 1 aliphatic rings. The van der Waals surface area contributed by atoms with Gasteiger partial charge in [0.1, 0.15) is 5.75 Å². The minimum absolute atomic E-state index is 0.0210. The minimum atomic E-state index is -3.47. The van der Waals surface area contributed by atoms with Crippen molar-refractivity contribution in [2.75, 3.05) is 32.8 Å². The van der Waals surface area contributed by atoms with Gasteiger partial charge in [0.15, 0.2) is 6.61 Å². The summed E-state index contributed by atoms with van der Waals surface area (Å²) in [6.07, 6.45) is 3.35. The number of piperidine rings is 1. The second-order valence-electron chi connectivity index (χ2n) is 6.11. The molecule has 1 aliphatic heterocycles. The molecular formula is C17H26N2O5S. The highest BCUT2D eigenvalue weighted by atomic mass is 32.2. The molecule has 1 saturated heterocycles. The fourth-order valence-corrected chi connectivity index (χ4v) is 4.30. The van der Waals surface area contributed by atoms with Crippen LogP contribution in [0.3, 0.4) is 0 Å².